The Hall–Kier alpha value is -3.41. The van der Waals surface area contributed by atoms with E-state index in [1.807, 2.05) is 67.6 Å². The zero-order valence-corrected chi connectivity index (χ0v) is 13.5. The van der Waals surface area contributed by atoms with Crippen LogP contribution in [0, 0.1) is 6.92 Å². The Kier molecular flexibility index (Phi) is 3.78. The molecule has 0 amide bonds. The molecular formula is C19H15N3O3. The fourth-order valence-electron chi connectivity index (χ4n) is 2.61. The molecule has 0 saturated carbocycles. The molecule has 2 aromatic carbocycles. The molecule has 4 aromatic rings. The number of aryl methyl sites for hydroxylation is 1. The maximum Gasteiger partial charge on any atom is 0.442 e. The van der Waals surface area contributed by atoms with Gasteiger partial charge in [-0.15, -0.1) is 0 Å². The third-order valence-electron chi connectivity index (χ3n) is 3.94. The summed E-state index contributed by atoms with van der Waals surface area (Å²) >= 11 is 0. The second-order valence-electron chi connectivity index (χ2n) is 5.77. The van der Waals surface area contributed by atoms with Crippen molar-refractivity contribution in [1.29, 1.82) is 0 Å². The van der Waals surface area contributed by atoms with Crippen LogP contribution < -0.4 is 5.76 Å². The monoisotopic (exact) mass is 333 g/mol. The van der Waals surface area contributed by atoms with E-state index in [0.717, 1.165) is 16.8 Å². The fourth-order valence-corrected chi connectivity index (χ4v) is 2.61. The van der Waals surface area contributed by atoms with Crippen LogP contribution in [-0.4, -0.2) is 14.9 Å². The molecular weight excluding hydrogens is 318 g/mol. The summed E-state index contributed by atoms with van der Waals surface area (Å²) in [6.07, 6.45) is 0. The highest BCUT2D eigenvalue weighted by molar-refractivity contribution is 5.59. The molecule has 0 unspecified atom stereocenters. The molecule has 6 nitrogen and oxygen atoms in total. The summed E-state index contributed by atoms with van der Waals surface area (Å²) in [5, 5.41) is 7.96. The van der Waals surface area contributed by atoms with Crippen LogP contribution in [0.3, 0.4) is 0 Å². The standard InChI is InChI=1S/C19H15N3O3/c1-13-7-9-14(10-8-13)17-11-16(24-20-17)12-22-18(21-25-19(22)23)15-5-3-2-4-6-15/h2-11H,12H2,1H3. The molecule has 25 heavy (non-hydrogen) atoms. The third kappa shape index (κ3) is 3.01. The first-order valence-electron chi connectivity index (χ1n) is 7.85. The first-order valence-corrected chi connectivity index (χ1v) is 7.85. The lowest BCUT2D eigenvalue weighted by atomic mass is 10.1. The maximum atomic E-state index is 12.0. The van der Waals surface area contributed by atoms with Gasteiger partial charge in [0.15, 0.2) is 11.6 Å². The SMILES string of the molecule is Cc1ccc(-c2cc(Cn3c(-c4ccccc4)noc3=O)on2)cc1. The van der Waals surface area contributed by atoms with Gasteiger partial charge in [0.25, 0.3) is 0 Å². The number of nitrogens with zero attached hydrogens (tertiary/aromatic N) is 3. The van der Waals surface area contributed by atoms with Crippen molar-refractivity contribution in [1.82, 2.24) is 14.9 Å². The van der Waals surface area contributed by atoms with Gasteiger partial charge >= 0.3 is 5.76 Å². The lowest BCUT2D eigenvalue weighted by molar-refractivity contribution is 0.358. The lowest BCUT2D eigenvalue weighted by Crippen LogP contribution is -2.15. The minimum absolute atomic E-state index is 0.200. The van der Waals surface area contributed by atoms with Crippen molar-refractivity contribution in [2.45, 2.75) is 13.5 Å². The van der Waals surface area contributed by atoms with Gasteiger partial charge in [-0.05, 0) is 6.92 Å². The molecule has 2 heterocycles. The second-order valence-corrected chi connectivity index (χ2v) is 5.77. The molecule has 0 bridgehead atoms. The number of aromatic nitrogens is 3. The van der Waals surface area contributed by atoms with Crippen molar-refractivity contribution in [2.75, 3.05) is 0 Å². The number of hydrogen-bond acceptors (Lipinski definition) is 5. The molecule has 0 aliphatic rings. The lowest BCUT2D eigenvalue weighted by Gasteiger charge is -2.01. The van der Waals surface area contributed by atoms with Crippen LogP contribution in [0.4, 0.5) is 0 Å². The summed E-state index contributed by atoms with van der Waals surface area (Å²) in [7, 11) is 0. The first kappa shape index (κ1) is 15.1. The molecule has 0 saturated heterocycles. The summed E-state index contributed by atoms with van der Waals surface area (Å²) < 4.78 is 11.6. The van der Waals surface area contributed by atoms with Gasteiger partial charge in [-0.25, -0.2) is 9.36 Å². The molecule has 4 rings (SSSR count). The van der Waals surface area contributed by atoms with Gasteiger partial charge in [0.05, 0.1) is 6.54 Å². The number of hydrogen-bond donors (Lipinski definition) is 0. The van der Waals surface area contributed by atoms with E-state index in [9.17, 15) is 4.79 Å². The van der Waals surface area contributed by atoms with Crippen molar-refractivity contribution in [3.63, 3.8) is 0 Å². The highest BCUT2D eigenvalue weighted by Gasteiger charge is 2.15. The van der Waals surface area contributed by atoms with E-state index in [4.69, 9.17) is 9.05 Å². The Balaban J connectivity index is 1.65. The van der Waals surface area contributed by atoms with Gasteiger partial charge in [-0.2, -0.15) is 0 Å². The van der Waals surface area contributed by atoms with Gasteiger partial charge in [-0.1, -0.05) is 70.5 Å². The van der Waals surface area contributed by atoms with Gasteiger partial charge < -0.3 is 4.52 Å². The zero-order chi connectivity index (χ0) is 17.2. The quantitative estimate of drug-likeness (QED) is 0.571. The van der Waals surface area contributed by atoms with E-state index in [1.165, 1.54) is 10.1 Å². The Labute approximate surface area is 143 Å². The molecule has 0 atom stereocenters. The molecule has 0 fully saturated rings. The number of rotatable bonds is 4. The van der Waals surface area contributed by atoms with Crippen LogP contribution in [0.15, 0.2) is 74.5 Å². The molecule has 0 N–H and O–H groups in total. The highest BCUT2D eigenvalue weighted by atomic mass is 16.5. The van der Waals surface area contributed by atoms with Crippen molar-refractivity contribution in [3.8, 4) is 22.6 Å². The molecule has 0 spiro atoms. The molecule has 0 radical (unpaired) electrons. The van der Waals surface area contributed by atoms with Crippen LogP contribution >= 0.6 is 0 Å². The summed E-state index contributed by atoms with van der Waals surface area (Å²) in [5.74, 6) is 0.476. The van der Waals surface area contributed by atoms with E-state index in [0.29, 0.717) is 11.6 Å². The van der Waals surface area contributed by atoms with Gasteiger partial charge in [0, 0.05) is 17.2 Å². The smallest absolute Gasteiger partial charge is 0.359 e. The van der Waals surface area contributed by atoms with E-state index in [1.54, 1.807) is 0 Å². The van der Waals surface area contributed by atoms with Crippen molar-refractivity contribution in [3.05, 3.63) is 82.5 Å². The van der Waals surface area contributed by atoms with Crippen LogP contribution in [0.25, 0.3) is 22.6 Å². The maximum absolute atomic E-state index is 12.0. The van der Waals surface area contributed by atoms with E-state index >= 15 is 0 Å². The molecule has 2 aromatic heterocycles. The topological polar surface area (TPSA) is 74.1 Å². The van der Waals surface area contributed by atoms with Crippen LogP contribution in [-0.2, 0) is 6.54 Å². The predicted molar refractivity (Wildman–Crippen MR) is 92.0 cm³/mol. The van der Waals surface area contributed by atoms with E-state index < -0.39 is 5.76 Å². The Bertz CT molecular complexity index is 1040. The second kappa shape index (κ2) is 6.24. The van der Waals surface area contributed by atoms with Gasteiger partial charge in [0.1, 0.15) is 5.69 Å². The minimum atomic E-state index is -0.535. The molecule has 0 aliphatic heterocycles. The van der Waals surface area contributed by atoms with Crippen LogP contribution in [0.5, 0.6) is 0 Å². The summed E-state index contributed by atoms with van der Waals surface area (Å²) in [6.45, 7) is 2.23. The Morgan fingerprint density at radius 2 is 1.68 bits per heavy atom. The van der Waals surface area contributed by atoms with E-state index in [-0.39, 0.29) is 6.54 Å². The minimum Gasteiger partial charge on any atom is -0.359 e. The predicted octanol–water partition coefficient (Wildman–Crippen LogP) is 3.52. The molecule has 124 valence electrons. The first-order chi connectivity index (χ1) is 12.2. The zero-order valence-electron chi connectivity index (χ0n) is 13.5. The van der Waals surface area contributed by atoms with Crippen molar-refractivity contribution >= 4 is 0 Å². The van der Waals surface area contributed by atoms with Crippen LogP contribution in [0.1, 0.15) is 11.3 Å². The van der Waals surface area contributed by atoms with Crippen molar-refractivity contribution in [2.24, 2.45) is 0 Å². The fraction of sp³-hybridized carbons (Fsp3) is 0.105. The average molecular weight is 333 g/mol. The third-order valence-corrected chi connectivity index (χ3v) is 3.94. The summed E-state index contributed by atoms with van der Waals surface area (Å²) in [4.78, 5) is 12.0. The highest BCUT2D eigenvalue weighted by Crippen LogP contribution is 2.21. The average Bonchev–Trinajstić information content (AvgIpc) is 3.24. The summed E-state index contributed by atoms with van der Waals surface area (Å²) in [6, 6.07) is 19.2. The van der Waals surface area contributed by atoms with Crippen molar-refractivity contribution < 1.29 is 9.05 Å². The van der Waals surface area contributed by atoms with E-state index in [2.05, 4.69) is 10.3 Å². The Morgan fingerprint density at radius 3 is 2.44 bits per heavy atom. The van der Waals surface area contributed by atoms with Crippen LogP contribution in [0.2, 0.25) is 0 Å². The van der Waals surface area contributed by atoms with Gasteiger partial charge in [-0.3, -0.25) is 4.52 Å². The Morgan fingerprint density at radius 1 is 0.920 bits per heavy atom. The number of benzene rings is 2. The van der Waals surface area contributed by atoms with Gasteiger partial charge in [0.2, 0.25) is 0 Å². The normalized spacial score (nSPS) is 10.9. The largest absolute Gasteiger partial charge is 0.442 e. The summed E-state index contributed by atoms with van der Waals surface area (Å²) in [5.41, 5.74) is 3.66. The molecule has 6 heteroatoms. The molecule has 0 aliphatic carbocycles.